The van der Waals surface area contributed by atoms with Crippen LogP contribution in [-0.4, -0.2) is 42.7 Å². The molecule has 1 N–H and O–H groups in total. The van der Waals surface area contributed by atoms with E-state index in [-0.39, 0.29) is 5.91 Å². The number of amides is 1. The van der Waals surface area contributed by atoms with Gasteiger partial charge in [-0.05, 0) is 43.7 Å². The van der Waals surface area contributed by atoms with E-state index in [1.54, 1.807) is 24.5 Å². The average Bonchev–Trinajstić information content (AvgIpc) is 3.35. The van der Waals surface area contributed by atoms with Crippen LogP contribution in [-0.2, 0) is 9.53 Å². The Morgan fingerprint density at radius 2 is 2.25 bits per heavy atom. The molecule has 3 aromatic rings. The van der Waals surface area contributed by atoms with Gasteiger partial charge in [-0.25, -0.2) is 0 Å². The average molecular weight is 381 g/mol. The van der Waals surface area contributed by atoms with E-state index in [2.05, 4.69) is 15.2 Å². The van der Waals surface area contributed by atoms with Crippen LogP contribution in [0.4, 0.5) is 6.01 Å². The summed E-state index contributed by atoms with van der Waals surface area (Å²) >= 11 is 0. The molecule has 0 saturated carbocycles. The summed E-state index contributed by atoms with van der Waals surface area (Å²) in [7, 11) is 0. The highest BCUT2D eigenvalue weighted by atomic mass is 16.5. The van der Waals surface area contributed by atoms with Crippen LogP contribution in [0.5, 0.6) is 0 Å². The number of benzene rings is 1. The number of hydrogen-bond acceptors (Lipinski definition) is 6. The lowest BCUT2D eigenvalue weighted by Crippen LogP contribution is -2.55. The Bertz CT molecular complexity index is 992. The second-order valence-corrected chi connectivity index (χ2v) is 7.21. The summed E-state index contributed by atoms with van der Waals surface area (Å²) in [5.74, 6) is 0.434. The van der Waals surface area contributed by atoms with Gasteiger partial charge in [0.2, 0.25) is 5.91 Å². The smallest absolute Gasteiger partial charge is 0.298 e. The van der Waals surface area contributed by atoms with Gasteiger partial charge in [-0.2, -0.15) is 4.98 Å². The molecule has 1 saturated heterocycles. The number of carbonyl (C=O) groups excluding carboxylic acids is 1. The Morgan fingerprint density at radius 3 is 3.04 bits per heavy atom. The maximum Gasteiger partial charge on any atom is 0.298 e. The maximum atomic E-state index is 12.1. The van der Waals surface area contributed by atoms with E-state index >= 15 is 0 Å². The maximum absolute atomic E-state index is 12.1. The number of anilines is 1. The van der Waals surface area contributed by atoms with Crippen molar-refractivity contribution < 1.29 is 18.4 Å². The number of nitrogens with zero attached hydrogens (tertiary/aromatic N) is 2. The molecular formula is C21H23N3O4. The third-order valence-electron chi connectivity index (χ3n) is 4.79. The van der Waals surface area contributed by atoms with Gasteiger partial charge in [0.1, 0.15) is 16.9 Å². The first-order chi connectivity index (χ1) is 13.5. The van der Waals surface area contributed by atoms with Crippen LogP contribution in [0.25, 0.3) is 17.2 Å². The first kappa shape index (κ1) is 18.3. The zero-order valence-electron chi connectivity index (χ0n) is 16.0. The van der Waals surface area contributed by atoms with Crippen molar-refractivity contribution >= 4 is 29.1 Å². The number of fused-ring (bicyclic) bond motifs is 1. The van der Waals surface area contributed by atoms with Crippen LogP contribution in [0.15, 0.2) is 51.5 Å². The van der Waals surface area contributed by atoms with Crippen molar-refractivity contribution in [2.45, 2.75) is 19.4 Å². The molecule has 0 radical (unpaired) electrons. The highest BCUT2D eigenvalue weighted by Gasteiger charge is 2.34. The summed E-state index contributed by atoms with van der Waals surface area (Å²) in [6.07, 6.45) is 4.65. The van der Waals surface area contributed by atoms with Gasteiger partial charge in [0.05, 0.1) is 19.4 Å². The molecule has 1 unspecified atom stereocenters. The molecule has 1 atom stereocenters. The molecule has 7 heteroatoms. The van der Waals surface area contributed by atoms with Crippen LogP contribution in [0.3, 0.4) is 0 Å². The summed E-state index contributed by atoms with van der Waals surface area (Å²) in [6, 6.07) is 10.1. The number of oxazole rings is 1. The lowest BCUT2D eigenvalue weighted by atomic mass is 10.0. The van der Waals surface area contributed by atoms with Crippen LogP contribution < -0.4 is 10.2 Å². The Balaban J connectivity index is 1.40. The van der Waals surface area contributed by atoms with E-state index in [0.29, 0.717) is 38.0 Å². The number of aromatic nitrogens is 1. The largest absolute Gasteiger partial charge is 0.465 e. The predicted molar refractivity (Wildman–Crippen MR) is 106 cm³/mol. The fourth-order valence-electron chi connectivity index (χ4n) is 3.29. The minimum Gasteiger partial charge on any atom is -0.465 e. The Labute approximate surface area is 163 Å². The molecular weight excluding hydrogens is 358 g/mol. The van der Waals surface area contributed by atoms with E-state index < -0.39 is 5.60 Å². The van der Waals surface area contributed by atoms with Gasteiger partial charge in [0.15, 0.2) is 5.58 Å². The topological polar surface area (TPSA) is 80.7 Å². The van der Waals surface area contributed by atoms with E-state index in [9.17, 15) is 4.79 Å². The monoisotopic (exact) mass is 381 g/mol. The molecule has 2 aromatic heterocycles. The number of rotatable bonds is 5. The molecule has 0 bridgehead atoms. The third-order valence-corrected chi connectivity index (χ3v) is 4.79. The Kier molecular flexibility index (Phi) is 4.92. The molecule has 1 amide bonds. The van der Waals surface area contributed by atoms with Gasteiger partial charge < -0.3 is 23.8 Å². The van der Waals surface area contributed by atoms with Crippen molar-refractivity contribution in [3.63, 3.8) is 0 Å². The molecule has 28 heavy (non-hydrogen) atoms. The van der Waals surface area contributed by atoms with Crippen molar-refractivity contribution in [1.29, 1.82) is 0 Å². The second kappa shape index (κ2) is 7.52. The molecule has 4 rings (SSSR count). The van der Waals surface area contributed by atoms with Gasteiger partial charge in [0, 0.05) is 19.2 Å². The van der Waals surface area contributed by atoms with Gasteiger partial charge in [-0.15, -0.1) is 0 Å². The van der Waals surface area contributed by atoms with Crippen molar-refractivity contribution in [3.8, 4) is 0 Å². The molecule has 1 aromatic carbocycles. The molecule has 146 valence electrons. The second-order valence-electron chi connectivity index (χ2n) is 7.21. The van der Waals surface area contributed by atoms with Gasteiger partial charge in [-0.1, -0.05) is 12.1 Å². The van der Waals surface area contributed by atoms with E-state index in [4.69, 9.17) is 13.6 Å². The summed E-state index contributed by atoms with van der Waals surface area (Å²) < 4.78 is 17.1. The summed E-state index contributed by atoms with van der Waals surface area (Å²) in [5, 5.41) is 2.89. The molecule has 7 nitrogen and oxygen atoms in total. The highest BCUT2D eigenvalue weighted by Crippen LogP contribution is 2.27. The number of furan rings is 1. The minimum absolute atomic E-state index is 0.198. The molecule has 1 aliphatic heterocycles. The normalized spacial score (nSPS) is 20.1. The fourth-order valence-corrected chi connectivity index (χ4v) is 3.29. The predicted octanol–water partition coefficient (Wildman–Crippen LogP) is 3.15. The van der Waals surface area contributed by atoms with Crippen LogP contribution in [0.1, 0.15) is 18.2 Å². The van der Waals surface area contributed by atoms with Gasteiger partial charge in [0.25, 0.3) is 6.01 Å². The molecule has 0 aliphatic carbocycles. The van der Waals surface area contributed by atoms with Crippen molar-refractivity contribution in [1.82, 2.24) is 10.3 Å². The number of para-hydroxylation sites is 1. The van der Waals surface area contributed by atoms with E-state index in [1.165, 1.54) is 6.08 Å². The van der Waals surface area contributed by atoms with Crippen LogP contribution >= 0.6 is 0 Å². The number of nitrogens with one attached hydrogen (secondary N) is 1. The summed E-state index contributed by atoms with van der Waals surface area (Å²) in [4.78, 5) is 18.8. The number of hydrogen-bond donors (Lipinski definition) is 1. The standard InChI is InChI=1S/C21H23N3O4/c1-15-5-3-7-17-19(15)28-20(23-17)24-10-12-27-21(2,14-24)13-22-18(25)9-8-16-6-4-11-26-16/h3-9,11H,10,12-14H2,1-2H3,(H,22,25). The zero-order chi connectivity index (χ0) is 19.6. The number of aryl methyl sites for hydroxylation is 1. The number of morpholine rings is 1. The lowest BCUT2D eigenvalue weighted by Gasteiger charge is -2.39. The number of ether oxygens (including phenoxy) is 1. The summed E-state index contributed by atoms with van der Waals surface area (Å²) in [5.41, 5.74) is 2.17. The Morgan fingerprint density at radius 1 is 1.36 bits per heavy atom. The summed E-state index contributed by atoms with van der Waals surface area (Å²) in [6.45, 7) is 6.15. The minimum atomic E-state index is -0.540. The van der Waals surface area contributed by atoms with Crippen LogP contribution in [0.2, 0.25) is 0 Å². The van der Waals surface area contributed by atoms with Gasteiger partial charge in [-0.3, -0.25) is 4.79 Å². The zero-order valence-corrected chi connectivity index (χ0v) is 16.0. The van der Waals surface area contributed by atoms with E-state index in [0.717, 1.165) is 16.7 Å². The lowest BCUT2D eigenvalue weighted by molar-refractivity contribution is -0.118. The molecule has 1 aliphatic rings. The SMILES string of the molecule is Cc1cccc2nc(N3CCOC(C)(CNC(=O)C=Cc4ccco4)C3)oc12. The van der Waals surface area contributed by atoms with Gasteiger partial charge >= 0.3 is 0 Å². The van der Waals surface area contributed by atoms with Crippen molar-refractivity contribution in [2.24, 2.45) is 0 Å². The molecule has 3 heterocycles. The van der Waals surface area contributed by atoms with E-state index in [1.807, 2.05) is 32.0 Å². The number of carbonyl (C=O) groups is 1. The highest BCUT2D eigenvalue weighted by molar-refractivity contribution is 5.91. The first-order valence-corrected chi connectivity index (χ1v) is 9.27. The fraction of sp³-hybridized carbons (Fsp3) is 0.333. The Hall–Kier alpha value is -3.06. The van der Waals surface area contributed by atoms with Crippen molar-refractivity contribution in [2.75, 3.05) is 31.1 Å². The third kappa shape index (κ3) is 3.94. The molecule has 0 spiro atoms. The van der Waals surface area contributed by atoms with Crippen molar-refractivity contribution in [3.05, 3.63) is 54.0 Å². The quantitative estimate of drug-likeness (QED) is 0.684. The first-order valence-electron chi connectivity index (χ1n) is 9.27. The van der Waals surface area contributed by atoms with Crippen LogP contribution in [0, 0.1) is 6.92 Å². The molecule has 1 fully saturated rings.